The Kier molecular flexibility index (Phi) is 4.17. The van der Waals surface area contributed by atoms with E-state index in [0.717, 1.165) is 24.2 Å². The Bertz CT molecular complexity index is 674. The van der Waals surface area contributed by atoms with Gasteiger partial charge in [-0.3, -0.25) is 14.5 Å². The zero-order valence-corrected chi connectivity index (χ0v) is 13.4. The molecular formula is C17H18N2O5. The summed E-state index contributed by atoms with van der Waals surface area (Å²) in [7, 11) is 0. The van der Waals surface area contributed by atoms with Gasteiger partial charge >= 0.3 is 5.97 Å². The van der Waals surface area contributed by atoms with Crippen molar-refractivity contribution in [1.82, 2.24) is 4.90 Å². The molecule has 0 saturated heterocycles. The van der Waals surface area contributed by atoms with Crippen molar-refractivity contribution in [2.24, 2.45) is 5.18 Å². The van der Waals surface area contributed by atoms with E-state index in [1.165, 1.54) is 6.92 Å². The maximum Gasteiger partial charge on any atom is 0.331 e. The van der Waals surface area contributed by atoms with Gasteiger partial charge in [-0.05, 0) is 37.1 Å². The van der Waals surface area contributed by atoms with Crippen LogP contribution in [0.5, 0.6) is 0 Å². The molecule has 0 bridgehead atoms. The van der Waals surface area contributed by atoms with Crippen molar-refractivity contribution in [3.05, 3.63) is 40.3 Å². The number of hydrogen-bond donors (Lipinski definition) is 0. The van der Waals surface area contributed by atoms with Crippen LogP contribution in [-0.2, 0) is 9.53 Å². The molecule has 1 aliphatic carbocycles. The first kappa shape index (κ1) is 16.3. The predicted molar refractivity (Wildman–Crippen MR) is 84.1 cm³/mol. The van der Waals surface area contributed by atoms with E-state index < -0.39 is 29.6 Å². The molecular weight excluding hydrogens is 312 g/mol. The van der Waals surface area contributed by atoms with Crippen LogP contribution in [0, 0.1) is 4.91 Å². The summed E-state index contributed by atoms with van der Waals surface area (Å²) in [6, 6.07) is 5.29. The Morgan fingerprint density at radius 2 is 1.67 bits per heavy atom. The lowest BCUT2D eigenvalue weighted by atomic mass is 9.92. The van der Waals surface area contributed by atoms with Crippen LogP contribution in [0.4, 0.5) is 0 Å². The van der Waals surface area contributed by atoms with E-state index in [9.17, 15) is 19.3 Å². The summed E-state index contributed by atoms with van der Waals surface area (Å²) < 4.78 is 5.33. The Labute approximate surface area is 138 Å². The summed E-state index contributed by atoms with van der Waals surface area (Å²) in [5.74, 6) is -1.85. The summed E-state index contributed by atoms with van der Waals surface area (Å²) in [4.78, 5) is 49.3. The standard InChI is InChI=1S/C17H18N2O5/c1-11(16(22)24-17(18-23)9-5-2-6-10-17)19-14(20)12-7-3-4-8-13(12)15(19)21/h3-4,7-8,11H,2,5-6,9-10H2,1H3/t11-/m0/s1. The highest BCUT2D eigenvalue weighted by molar-refractivity contribution is 6.22. The van der Waals surface area contributed by atoms with Crippen LogP contribution >= 0.6 is 0 Å². The molecule has 1 aromatic carbocycles. The Balaban J connectivity index is 1.78. The summed E-state index contributed by atoms with van der Waals surface area (Å²) >= 11 is 0. The van der Waals surface area contributed by atoms with Crippen molar-refractivity contribution in [2.45, 2.75) is 50.8 Å². The third kappa shape index (κ3) is 2.60. The number of benzene rings is 1. The molecule has 7 nitrogen and oxygen atoms in total. The Morgan fingerprint density at radius 3 is 2.17 bits per heavy atom. The van der Waals surface area contributed by atoms with Crippen LogP contribution in [0.1, 0.15) is 59.7 Å². The normalized spacial score (nSPS) is 20.5. The second kappa shape index (κ2) is 6.14. The van der Waals surface area contributed by atoms with Crippen LogP contribution in [-0.4, -0.2) is 34.5 Å². The fourth-order valence-corrected chi connectivity index (χ4v) is 3.25. The molecule has 0 unspecified atom stereocenters. The van der Waals surface area contributed by atoms with Crippen molar-refractivity contribution in [1.29, 1.82) is 0 Å². The quantitative estimate of drug-likeness (QED) is 0.480. The first-order chi connectivity index (χ1) is 11.5. The molecule has 1 saturated carbocycles. The molecule has 7 heteroatoms. The molecule has 0 aromatic heterocycles. The van der Waals surface area contributed by atoms with Gasteiger partial charge in [0.2, 0.25) is 5.72 Å². The van der Waals surface area contributed by atoms with Gasteiger partial charge < -0.3 is 4.74 Å². The largest absolute Gasteiger partial charge is 0.432 e. The smallest absolute Gasteiger partial charge is 0.331 e. The van der Waals surface area contributed by atoms with Crippen LogP contribution in [0.15, 0.2) is 29.4 Å². The Hall–Kier alpha value is -2.57. The fraction of sp³-hybridized carbons (Fsp3) is 0.471. The number of esters is 1. The monoisotopic (exact) mass is 330 g/mol. The van der Waals surface area contributed by atoms with E-state index in [4.69, 9.17) is 4.74 Å². The summed E-state index contributed by atoms with van der Waals surface area (Å²) in [6.07, 6.45) is 3.21. The average Bonchev–Trinajstić information content (AvgIpc) is 2.86. The minimum Gasteiger partial charge on any atom is -0.432 e. The molecule has 0 N–H and O–H groups in total. The van der Waals surface area contributed by atoms with Crippen molar-refractivity contribution in [3.63, 3.8) is 0 Å². The van der Waals surface area contributed by atoms with Gasteiger partial charge in [0.15, 0.2) is 0 Å². The van der Waals surface area contributed by atoms with Gasteiger partial charge in [-0.25, -0.2) is 4.79 Å². The highest BCUT2D eigenvalue weighted by Crippen LogP contribution is 2.34. The summed E-state index contributed by atoms with van der Waals surface area (Å²) in [5.41, 5.74) is -0.839. The van der Waals surface area contributed by atoms with Crippen LogP contribution < -0.4 is 0 Å². The van der Waals surface area contributed by atoms with Gasteiger partial charge in [0.1, 0.15) is 6.04 Å². The zero-order chi connectivity index (χ0) is 17.3. The van der Waals surface area contributed by atoms with Crippen molar-refractivity contribution < 1.29 is 19.1 Å². The number of nitroso groups, excluding NO2 is 1. The van der Waals surface area contributed by atoms with Crippen molar-refractivity contribution in [2.75, 3.05) is 0 Å². The van der Waals surface area contributed by atoms with E-state index >= 15 is 0 Å². The number of ether oxygens (including phenoxy) is 1. The molecule has 1 heterocycles. The molecule has 24 heavy (non-hydrogen) atoms. The predicted octanol–water partition coefficient (Wildman–Crippen LogP) is 2.64. The van der Waals surface area contributed by atoms with Gasteiger partial charge in [-0.15, -0.1) is 4.91 Å². The Morgan fingerprint density at radius 1 is 1.12 bits per heavy atom. The molecule has 0 radical (unpaired) electrons. The SMILES string of the molecule is C[C@@H](C(=O)OC1(N=O)CCCCC1)N1C(=O)c2ccccc2C1=O. The highest BCUT2D eigenvalue weighted by atomic mass is 16.6. The van der Waals surface area contributed by atoms with Crippen LogP contribution in [0.3, 0.4) is 0 Å². The molecule has 2 aliphatic rings. The highest BCUT2D eigenvalue weighted by Gasteiger charge is 2.44. The molecule has 126 valence electrons. The topological polar surface area (TPSA) is 93.1 Å². The molecule has 1 aromatic rings. The van der Waals surface area contributed by atoms with E-state index in [0.29, 0.717) is 12.8 Å². The minimum absolute atomic E-state index is 0.267. The van der Waals surface area contributed by atoms with Crippen LogP contribution in [0.2, 0.25) is 0 Å². The number of rotatable bonds is 4. The number of carbonyl (C=O) groups is 3. The lowest BCUT2D eigenvalue weighted by molar-refractivity contribution is -0.166. The van der Waals surface area contributed by atoms with Gasteiger partial charge in [0.05, 0.1) is 11.1 Å². The third-order valence-electron chi connectivity index (χ3n) is 4.65. The second-order valence-corrected chi connectivity index (χ2v) is 6.22. The van der Waals surface area contributed by atoms with Gasteiger partial charge in [-0.2, -0.15) is 0 Å². The van der Waals surface area contributed by atoms with E-state index in [1.807, 2.05) is 0 Å². The van der Waals surface area contributed by atoms with E-state index in [2.05, 4.69) is 5.18 Å². The zero-order valence-electron chi connectivity index (χ0n) is 13.4. The number of fused-ring (bicyclic) bond motifs is 1. The summed E-state index contributed by atoms with van der Waals surface area (Å²) in [6.45, 7) is 1.42. The maximum atomic E-state index is 12.4. The number of carbonyl (C=O) groups excluding carboxylic acids is 3. The fourth-order valence-electron chi connectivity index (χ4n) is 3.25. The minimum atomic E-state index is -1.37. The van der Waals surface area contributed by atoms with E-state index in [-0.39, 0.29) is 11.1 Å². The van der Waals surface area contributed by atoms with E-state index in [1.54, 1.807) is 24.3 Å². The molecule has 2 amide bonds. The molecule has 1 atom stereocenters. The molecule has 0 spiro atoms. The van der Waals surface area contributed by atoms with Gasteiger partial charge in [-0.1, -0.05) is 18.6 Å². The summed E-state index contributed by atoms with van der Waals surface area (Å²) in [5, 5.41) is 3.02. The van der Waals surface area contributed by atoms with Crippen molar-refractivity contribution in [3.8, 4) is 0 Å². The molecule has 3 rings (SSSR count). The second-order valence-electron chi connectivity index (χ2n) is 6.22. The van der Waals surface area contributed by atoms with Gasteiger partial charge in [0, 0.05) is 12.8 Å². The maximum absolute atomic E-state index is 12.4. The molecule has 1 fully saturated rings. The van der Waals surface area contributed by atoms with Crippen LogP contribution in [0.25, 0.3) is 0 Å². The van der Waals surface area contributed by atoms with Gasteiger partial charge in [0.25, 0.3) is 11.8 Å². The number of imide groups is 1. The average molecular weight is 330 g/mol. The lowest BCUT2D eigenvalue weighted by Gasteiger charge is -2.32. The number of hydrogen-bond acceptors (Lipinski definition) is 6. The first-order valence-electron chi connectivity index (χ1n) is 8.03. The lowest BCUT2D eigenvalue weighted by Crippen LogP contribution is -2.47. The molecule has 1 aliphatic heterocycles. The third-order valence-corrected chi connectivity index (χ3v) is 4.65. The van der Waals surface area contributed by atoms with Crippen molar-refractivity contribution >= 4 is 17.8 Å². The number of nitrogens with zero attached hydrogens (tertiary/aromatic N) is 2. The first-order valence-corrected chi connectivity index (χ1v) is 8.03. The number of amides is 2.